The molecule has 3 unspecified atom stereocenters. The van der Waals surface area contributed by atoms with Crippen LogP contribution in [0.1, 0.15) is 11.1 Å². The second-order valence-electron chi connectivity index (χ2n) is 10.8. The van der Waals surface area contributed by atoms with Crippen molar-refractivity contribution in [3.05, 3.63) is 71.8 Å². The molecule has 2 fully saturated rings. The molecule has 40 heavy (non-hydrogen) atoms. The van der Waals surface area contributed by atoms with Crippen LogP contribution in [-0.4, -0.2) is 111 Å². The second-order valence-corrected chi connectivity index (χ2v) is 10.8. The Hall–Kier alpha value is -2.72. The molecule has 8 heteroatoms. The highest BCUT2D eigenvalue weighted by atomic mass is 16.5. The summed E-state index contributed by atoms with van der Waals surface area (Å²) in [4.78, 5) is 4.43. The normalized spacial score (nSPS) is 19.3. The van der Waals surface area contributed by atoms with Gasteiger partial charge < -0.3 is 29.2 Å². The van der Waals surface area contributed by atoms with Gasteiger partial charge in [0.1, 0.15) is 36.4 Å². The molecule has 2 aliphatic heterocycles. The molecule has 3 aromatic rings. The summed E-state index contributed by atoms with van der Waals surface area (Å²) in [5.41, 5.74) is 2.05. The molecule has 3 aromatic carbocycles. The number of aliphatic hydroxyl groups is 2. The van der Waals surface area contributed by atoms with Crippen LogP contribution in [0.2, 0.25) is 0 Å². The Balaban J connectivity index is 1.26. The molecular weight excluding hydrogens is 508 g/mol. The monoisotopic (exact) mass is 550 g/mol. The van der Waals surface area contributed by atoms with Crippen LogP contribution < -0.4 is 9.47 Å². The summed E-state index contributed by atoms with van der Waals surface area (Å²) in [6.45, 7) is 9.43. The lowest BCUT2D eigenvalue weighted by molar-refractivity contribution is -0.0194. The van der Waals surface area contributed by atoms with Crippen LogP contribution >= 0.6 is 0 Å². The fourth-order valence-corrected chi connectivity index (χ4v) is 5.44. The van der Waals surface area contributed by atoms with Gasteiger partial charge in [-0.05, 0) is 35.6 Å². The van der Waals surface area contributed by atoms with Crippen molar-refractivity contribution in [2.45, 2.75) is 31.7 Å². The van der Waals surface area contributed by atoms with Crippen molar-refractivity contribution in [3.63, 3.8) is 0 Å². The van der Waals surface area contributed by atoms with E-state index < -0.39 is 18.3 Å². The van der Waals surface area contributed by atoms with Crippen molar-refractivity contribution in [2.24, 2.45) is 0 Å². The van der Waals surface area contributed by atoms with Crippen LogP contribution in [0.4, 0.5) is 0 Å². The number of rotatable bonds is 12. The first-order valence-corrected chi connectivity index (χ1v) is 14.4. The van der Waals surface area contributed by atoms with Crippen LogP contribution in [0.25, 0.3) is 10.8 Å². The zero-order valence-corrected chi connectivity index (χ0v) is 23.4. The number of β-amino-alcohol motifs (C(OH)–C–C–N with tert-alkyl or cyclic N) is 2. The molecule has 0 aromatic heterocycles. The predicted molar refractivity (Wildman–Crippen MR) is 155 cm³/mol. The van der Waals surface area contributed by atoms with Crippen molar-refractivity contribution in [1.29, 1.82) is 0 Å². The lowest BCUT2D eigenvalue weighted by atomic mass is 10.0. The SMILES string of the molecule is Cc1cc(CC(Oc2cccc3ccccc23)C(O)CN2CCOCC2)ccc1OCC(O)CN1CCOCC1. The summed E-state index contributed by atoms with van der Waals surface area (Å²) < 4.78 is 23.4. The Kier molecular flexibility index (Phi) is 10.3. The van der Waals surface area contributed by atoms with E-state index in [2.05, 4.69) is 34.1 Å². The fraction of sp³-hybridized carbons (Fsp3) is 0.500. The van der Waals surface area contributed by atoms with E-state index in [1.165, 1.54) is 0 Å². The fourth-order valence-electron chi connectivity index (χ4n) is 5.44. The highest BCUT2D eigenvalue weighted by Crippen LogP contribution is 2.28. The molecule has 2 heterocycles. The minimum Gasteiger partial charge on any atom is -0.491 e. The Morgan fingerprint density at radius 2 is 1.48 bits per heavy atom. The summed E-state index contributed by atoms with van der Waals surface area (Å²) in [6.07, 6.45) is -1.13. The van der Waals surface area contributed by atoms with Crippen LogP contribution in [0, 0.1) is 6.92 Å². The molecule has 0 saturated carbocycles. The summed E-state index contributed by atoms with van der Waals surface area (Å²) in [5.74, 6) is 1.53. The zero-order valence-electron chi connectivity index (χ0n) is 23.4. The molecular formula is C32H42N2O6. The Bertz CT molecular complexity index is 1210. The highest BCUT2D eigenvalue weighted by molar-refractivity contribution is 5.88. The quantitative estimate of drug-likeness (QED) is 0.356. The summed E-state index contributed by atoms with van der Waals surface area (Å²) in [6, 6.07) is 20.3. The van der Waals surface area contributed by atoms with Gasteiger partial charge in [0.05, 0.1) is 26.4 Å². The standard InChI is InChI=1S/C32H42N2O6/c1-24-19-25(9-10-30(24)39-23-27(35)21-33-11-15-37-16-12-33)20-32(29(36)22-34-13-17-38-18-14-34)40-31-8-4-6-26-5-2-3-7-28(26)31/h2-10,19,27,29,32,35-36H,11-18,20-23H2,1H3. The number of aryl methyl sites for hydroxylation is 1. The van der Waals surface area contributed by atoms with Crippen molar-refractivity contribution >= 4 is 10.8 Å². The van der Waals surface area contributed by atoms with Gasteiger partial charge in [-0.25, -0.2) is 0 Å². The first-order chi connectivity index (χ1) is 19.5. The van der Waals surface area contributed by atoms with Gasteiger partial charge in [0.25, 0.3) is 0 Å². The summed E-state index contributed by atoms with van der Waals surface area (Å²) in [7, 11) is 0. The largest absolute Gasteiger partial charge is 0.491 e. The van der Waals surface area contributed by atoms with Gasteiger partial charge in [0.2, 0.25) is 0 Å². The number of fused-ring (bicyclic) bond motifs is 1. The molecule has 0 aliphatic carbocycles. The number of benzene rings is 3. The van der Waals surface area contributed by atoms with E-state index in [0.717, 1.165) is 59.6 Å². The van der Waals surface area contributed by atoms with Gasteiger partial charge in [-0.2, -0.15) is 0 Å². The van der Waals surface area contributed by atoms with E-state index in [-0.39, 0.29) is 6.61 Å². The van der Waals surface area contributed by atoms with E-state index in [4.69, 9.17) is 18.9 Å². The number of hydrogen-bond acceptors (Lipinski definition) is 8. The summed E-state index contributed by atoms with van der Waals surface area (Å²) in [5, 5.41) is 24.0. The van der Waals surface area contributed by atoms with Crippen LogP contribution in [0.15, 0.2) is 60.7 Å². The third-order valence-corrected chi connectivity index (χ3v) is 7.69. The van der Waals surface area contributed by atoms with Gasteiger partial charge >= 0.3 is 0 Å². The average Bonchev–Trinajstić information content (AvgIpc) is 2.97. The lowest BCUT2D eigenvalue weighted by Gasteiger charge is -2.32. The van der Waals surface area contributed by atoms with E-state index in [0.29, 0.717) is 45.9 Å². The van der Waals surface area contributed by atoms with Crippen molar-refractivity contribution in [2.75, 3.05) is 72.3 Å². The molecule has 2 N–H and O–H groups in total. The predicted octanol–water partition coefficient (Wildman–Crippen LogP) is 2.90. The van der Waals surface area contributed by atoms with Crippen molar-refractivity contribution < 1.29 is 29.2 Å². The average molecular weight is 551 g/mol. The van der Waals surface area contributed by atoms with Gasteiger partial charge in [0.15, 0.2) is 0 Å². The third kappa shape index (κ3) is 7.94. The molecule has 0 bridgehead atoms. The topological polar surface area (TPSA) is 83.9 Å². The lowest BCUT2D eigenvalue weighted by Crippen LogP contribution is -2.46. The molecule has 2 saturated heterocycles. The van der Waals surface area contributed by atoms with Crippen LogP contribution in [-0.2, 0) is 15.9 Å². The number of aliphatic hydroxyl groups excluding tert-OH is 2. The smallest absolute Gasteiger partial charge is 0.130 e. The minimum absolute atomic E-state index is 0.239. The van der Waals surface area contributed by atoms with E-state index in [1.807, 2.05) is 43.3 Å². The zero-order chi connectivity index (χ0) is 27.7. The highest BCUT2D eigenvalue weighted by Gasteiger charge is 2.26. The maximum absolute atomic E-state index is 11.4. The molecule has 0 radical (unpaired) electrons. The van der Waals surface area contributed by atoms with Gasteiger partial charge in [-0.1, -0.05) is 48.5 Å². The number of ether oxygens (including phenoxy) is 4. The first-order valence-electron chi connectivity index (χ1n) is 14.4. The third-order valence-electron chi connectivity index (χ3n) is 7.69. The molecule has 0 amide bonds. The second kappa shape index (κ2) is 14.3. The van der Waals surface area contributed by atoms with Crippen molar-refractivity contribution in [1.82, 2.24) is 9.80 Å². The van der Waals surface area contributed by atoms with E-state index in [1.54, 1.807) is 0 Å². The number of morpholine rings is 2. The molecule has 2 aliphatic rings. The maximum atomic E-state index is 11.4. The van der Waals surface area contributed by atoms with Crippen LogP contribution in [0.3, 0.4) is 0 Å². The molecule has 0 spiro atoms. The van der Waals surface area contributed by atoms with E-state index >= 15 is 0 Å². The van der Waals surface area contributed by atoms with Gasteiger partial charge in [-0.3, -0.25) is 9.80 Å². The minimum atomic E-state index is -0.677. The first kappa shape index (κ1) is 28.8. The van der Waals surface area contributed by atoms with Crippen LogP contribution in [0.5, 0.6) is 11.5 Å². The molecule has 216 valence electrons. The molecule has 8 nitrogen and oxygen atoms in total. The van der Waals surface area contributed by atoms with Crippen molar-refractivity contribution in [3.8, 4) is 11.5 Å². The van der Waals surface area contributed by atoms with E-state index in [9.17, 15) is 10.2 Å². The Labute approximate surface area is 237 Å². The summed E-state index contributed by atoms with van der Waals surface area (Å²) >= 11 is 0. The number of hydrogen-bond donors (Lipinski definition) is 2. The van der Waals surface area contributed by atoms with Gasteiger partial charge in [-0.15, -0.1) is 0 Å². The van der Waals surface area contributed by atoms with Gasteiger partial charge in [0, 0.05) is 51.1 Å². The Morgan fingerprint density at radius 3 is 2.20 bits per heavy atom. The molecule has 5 rings (SSSR count). The number of nitrogens with zero attached hydrogens (tertiary/aromatic N) is 2. The maximum Gasteiger partial charge on any atom is 0.130 e. The molecule has 3 atom stereocenters. The Morgan fingerprint density at radius 1 is 0.800 bits per heavy atom.